The van der Waals surface area contributed by atoms with Gasteiger partial charge in [0, 0.05) is 5.56 Å². The summed E-state index contributed by atoms with van der Waals surface area (Å²) in [7, 11) is 2.19. The zero-order chi connectivity index (χ0) is 13.5. The van der Waals surface area contributed by atoms with E-state index < -0.39 is 0 Å². The van der Waals surface area contributed by atoms with Gasteiger partial charge in [-0.1, -0.05) is 6.07 Å². The third-order valence-corrected chi connectivity index (χ3v) is 4.00. The monoisotopic (exact) mass is 318 g/mol. The first-order chi connectivity index (χ1) is 8.56. The average Bonchev–Trinajstić information content (AvgIpc) is 2.35. The molecular formula is C14H24BrFN2+2. The summed E-state index contributed by atoms with van der Waals surface area (Å²) in [6, 6.07) is 5.28. The fraction of sp³-hybridized carbons (Fsp3) is 0.571. The molecule has 0 aromatic heterocycles. The molecule has 2 N–H and O–H groups in total. The van der Waals surface area contributed by atoms with Crippen LogP contribution in [0.4, 0.5) is 4.39 Å². The minimum absolute atomic E-state index is 0.191. The fourth-order valence-corrected chi connectivity index (χ4v) is 2.51. The van der Waals surface area contributed by atoms with Gasteiger partial charge in [0.15, 0.2) is 0 Å². The molecule has 1 aromatic carbocycles. The first kappa shape index (κ1) is 15.6. The lowest BCUT2D eigenvalue weighted by atomic mass is 10.2. The highest BCUT2D eigenvalue weighted by atomic mass is 79.9. The second-order valence-corrected chi connectivity index (χ2v) is 5.69. The van der Waals surface area contributed by atoms with Gasteiger partial charge in [-0.3, -0.25) is 0 Å². The van der Waals surface area contributed by atoms with Gasteiger partial charge in [-0.2, -0.15) is 0 Å². The van der Waals surface area contributed by atoms with Gasteiger partial charge in [-0.05, 0) is 41.9 Å². The van der Waals surface area contributed by atoms with Crippen molar-refractivity contribution in [3.63, 3.8) is 0 Å². The first-order valence-electron chi connectivity index (χ1n) is 6.65. The molecule has 0 fully saturated rings. The molecule has 0 saturated heterocycles. The van der Waals surface area contributed by atoms with Crippen molar-refractivity contribution >= 4 is 15.9 Å². The fourth-order valence-electron chi connectivity index (χ4n) is 2.08. The third kappa shape index (κ3) is 5.04. The van der Waals surface area contributed by atoms with E-state index in [1.807, 2.05) is 12.1 Å². The molecule has 102 valence electrons. The van der Waals surface area contributed by atoms with Crippen molar-refractivity contribution in [1.82, 2.24) is 0 Å². The van der Waals surface area contributed by atoms with E-state index in [1.165, 1.54) is 36.2 Å². The summed E-state index contributed by atoms with van der Waals surface area (Å²) in [5.74, 6) is -0.191. The van der Waals surface area contributed by atoms with Gasteiger partial charge >= 0.3 is 0 Å². The van der Waals surface area contributed by atoms with E-state index in [2.05, 4.69) is 36.8 Å². The number of hydrogen-bond donors (Lipinski definition) is 2. The number of nitrogens with one attached hydrogen (secondary N) is 2. The Labute approximate surface area is 118 Å². The van der Waals surface area contributed by atoms with Crippen molar-refractivity contribution in [1.29, 1.82) is 0 Å². The van der Waals surface area contributed by atoms with E-state index in [1.54, 1.807) is 4.90 Å². The Hall–Kier alpha value is -0.450. The van der Waals surface area contributed by atoms with Crippen LogP contribution in [0.5, 0.6) is 0 Å². The van der Waals surface area contributed by atoms with E-state index >= 15 is 0 Å². The van der Waals surface area contributed by atoms with Crippen LogP contribution in [0.3, 0.4) is 0 Å². The molecule has 1 aromatic rings. The number of hydrogen-bond acceptors (Lipinski definition) is 0. The summed E-state index contributed by atoms with van der Waals surface area (Å²) in [6.07, 6.45) is 0. The summed E-state index contributed by atoms with van der Waals surface area (Å²) in [4.78, 5) is 3.10. The van der Waals surface area contributed by atoms with Crippen LogP contribution in [0.15, 0.2) is 22.7 Å². The predicted molar refractivity (Wildman–Crippen MR) is 76.5 cm³/mol. The minimum Gasteiger partial charge on any atom is -0.331 e. The summed E-state index contributed by atoms with van der Waals surface area (Å²) in [6.45, 7) is 10.1. The van der Waals surface area contributed by atoms with Gasteiger partial charge in [-0.15, -0.1) is 0 Å². The highest BCUT2D eigenvalue weighted by molar-refractivity contribution is 9.10. The molecule has 4 heteroatoms. The summed E-state index contributed by atoms with van der Waals surface area (Å²) >= 11 is 3.23. The molecule has 0 heterocycles. The van der Waals surface area contributed by atoms with Crippen LogP contribution in [0, 0.1) is 5.82 Å². The molecule has 2 nitrogen and oxygen atoms in total. The second-order valence-electron chi connectivity index (χ2n) is 4.84. The molecule has 0 radical (unpaired) electrons. The zero-order valence-corrected chi connectivity index (χ0v) is 13.1. The SMILES string of the molecule is CC[NH+](CC)CC[NH+](C)Cc1ccc(F)c(Br)c1. The maximum Gasteiger partial charge on any atom is 0.137 e. The topological polar surface area (TPSA) is 8.88 Å². The van der Waals surface area contributed by atoms with Crippen LogP contribution in [-0.2, 0) is 6.54 Å². The molecule has 0 spiro atoms. The Morgan fingerprint density at radius 1 is 1.17 bits per heavy atom. The Morgan fingerprint density at radius 2 is 1.83 bits per heavy atom. The van der Waals surface area contributed by atoms with Gasteiger partial charge in [0.25, 0.3) is 0 Å². The van der Waals surface area contributed by atoms with E-state index in [0.717, 1.165) is 13.1 Å². The van der Waals surface area contributed by atoms with Crippen molar-refractivity contribution in [2.24, 2.45) is 0 Å². The second kappa shape index (κ2) is 7.87. The minimum atomic E-state index is -0.191. The largest absolute Gasteiger partial charge is 0.331 e. The van der Waals surface area contributed by atoms with Crippen molar-refractivity contribution in [2.45, 2.75) is 20.4 Å². The van der Waals surface area contributed by atoms with Gasteiger partial charge in [0.2, 0.25) is 0 Å². The maximum absolute atomic E-state index is 13.1. The summed E-state index contributed by atoms with van der Waals surface area (Å²) < 4.78 is 13.7. The van der Waals surface area contributed by atoms with Crippen LogP contribution in [0.2, 0.25) is 0 Å². The lowest BCUT2D eigenvalue weighted by Crippen LogP contribution is -3.18. The average molecular weight is 319 g/mol. The molecule has 0 amide bonds. The molecule has 0 aliphatic rings. The molecule has 1 atom stereocenters. The van der Waals surface area contributed by atoms with E-state index in [0.29, 0.717) is 4.47 Å². The van der Waals surface area contributed by atoms with Crippen LogP contribution in [-0.4, -0.2) is 33.2 Å². The van der Waals surface area contributed by atoms with E-state index in [-0.39, 0.29) is 5.82 Å². The highest BCUT2D eigenvalue weighted by Crippen LogP contribution is 2.16. The van der Waals surface area contributed by atoms with Crippen molar-refractivity contribution in [2.75, 3.05) is 33.2 Å². The van der Waals surface area contributed by atoms with Gasteiger partial charge in [-0.25, -0.2) is 4.39 Å². The molecular weight excluding hydrogens is 295 g/mol. The van der Waals surface area contributed by atoms with Crippen molar-refractivity contribution in [3.05, 3.63) is 34.1 Å². The van der Waals surface area contributed by atoms with E-state index in [4.69, 9.17) is 0 Å². The maximum atomic E-state index is 13.1. The Morgan fingerprint density at radius 3 is 2.39 bits per heavy atom. The number of halogens is 2. The molecule has 1 rings (SSSR count). The van der Waals surface area contributed by atoms with Crippen LogP contribution < -0.4 is 9.80 Å². The standard InChI is InChI=1S/C14H22BrFN2/c1-4-18(5-2)9-8-17(3)11-12-6-7-14(16)13(15)10-12/h6-7,10H,4-5,8-9,11H2,1-3H3/p+2. The smallest absolute Gasteiger partial charge is 0.137 e. The third-order valence-electron chi connectivity index (χ3n) is 3.40. The summed E-state index contributed by atoms with van der Waals surface area (Å²) in [5, 5.41) is 0. The normalized spacial score (nSPS) is 13.0. The first-order valence-corrected chi connectivity index (χ1v) is 7.44. The van der Waals surface area contributed by atoms with Crippen molar-refractivity contribution < 1.29 is 14.2 Å². The predicted octanol–water partition coefficient (Wildman–Crippen LogP) is 0.528. The quantitative estimate of drug-likeness (QED) is 0.725. The van der Waals surface area contributed by atoms with Gasteiger partial charge in [0.1, 0.15) is 25.5 Å². The molecule has 18 heavy (non-hydrogen) atoms. The zero-order valence-electron chi connectivity index (χ0n) is 11.5. The molecule has 1 unspecified atom stereocenters. The van der Waals surface area contributed by atoms with E-state index in [9.17, 15) is 4.39 Å². The number of quaternary nitrogens is 2. The van der Waals surface area contributed by atoms with Crippen LogP contribution >= 0.6 is 15.9 Å². The van der Waals surface area contributed by atoms with Crippen molar-refractivity contribution in [3.8, 4) is 0 Å². The Bertz CT molecular complexity index is 367. The van der Waals surface area contributed by atoms with Gasteiger partial charge < -0.3 is 9.80 Å². The number of likely N-dealkylation sites (N-methyl/N-ethyl adjacent to an activating group) is 2. The van der Waals surface area contributed by atoms with Crippen LogP contribution in [0.25, 0.3) is 0 Å². The Balaban J connectivity index is 2.44. The number of benzene rings is 1. The lowest BCUT2D eigenvalue weighted by molar-refractivity contribution is -0.953. The highest BCUT2D eigenvalue weighted by Gasteiger charge is 2.09. The Kier molecular flexibility index (Phi) is 6.82. The molecule has 0 bridgehead atoms. The molecule has 0 saturated carbocycles. The van der Waals surface area contributed by atoms with Gasteiger partial charge in [0.05, 0.1) is 24.6 Å². The summed E-state index contributed by atoms with van der Waals surface area (Å²) in [5.41, 5.74) is 1.18. The number of rotatable bonds is 7. The van der Waals surface area contributed by atoms with Crippen LogP contribution in [0.1, 0.15) is 19.4 Å². The lowest BCUT2D eigenvalue weighted by Gasteiger charge is -2.19. The molecule has 0 aliphatic heterocycles. The molecule has 0 aliphatic carbocycles.